The number of unbranched alkanes of at least 4 members (excludes halogenated alkanes) is 1. The number of carbonyl (C=O) groups excluding carboxylic acids is 1. The minimum Gasteiger partial charge on any atom is -0.391 e. The van der Waals surface area contributed by atoms with E-state index < -0.39 is 23.5 Å². The molecule has 9 nitrogen and oxygen atoms in total. The number of hydrogen-bond acceptors (Lipinski definition) is 7. The molecule has 206 valence electrons. The van der Waals surface area contributed by atoms with Crippen molar-refractivity contribution < 1.29 is 27.6 Å². The second kappa shape index (κ2) is 11.5. The molecule has 1 aromatic carbocycles. The van der Waals surface area contributed by atoms with Gasteiger partial charge in [-0.1, -0.05) is 42.2 Å². The molecule has 0 bridgehead atoms. The minimum atomic E-state index is -4.83. The van der Waals surface area contributed by atoms with E-state index in [2.05, 4.69) is 20.2 Å². The van der Waals surface area contributed by atoms with Crippen LogP contribution < -0.4 is 0 Å². The molecule has 1 amide bonds. The third-order valence-corrected chi connectivity index (χ3v) is 6.41. The molecule has 4 rings (SSSR count). The molecule has 1 unspecified atom stereocenters. The lowest BCUT2D eigenvalue weighted by Crippen LogP contribution is -2.28. The lowest BCUT2D eigenvalue weighted by Gasteiger charge is -2.18. The number of halogens is 4. The number of benzene rings is 1. The first kappa shape index (κ1) is 28.2. The molecular weight excluding hydrogens is 537 g/mol. The summed E-state index contributed by atoms with van der Waals surface area (Å²) in [7, 11) is 1.67. The van der Waals surface area contributed by atoms with Gasteiger partial charge in [-0.3, -0.25) is 9.48 Å². The van der Waals surface area contributed by atoms with Crippen molar-refractivity contribution in [3.8, 4) is 33.8 Å². The zero-order valence-corrected chi connectivity index (χ0v) is 22.2. The van der Waals surface area contributed by atoms with Crippen molar-refractivity contribution in [3.63, 3.8) is 0 Å². The summed E-state index contributed by atoms with van der Waals surface area (Å²) >= 11 is 6.71. The highest BCUT2D eigenvalue weighted by Gasteiger charge is 2.41. The zero-order valence-electron chi connectivity index (χ0n) is 21.4. The van der Waals surface area contributed by atoms with Crippen LogP contribution in [-0.2, 0) is 12.7 Å². The van der Waals surface area contributed by atoms with Crippen LogP contribution in [0.25, 0.3) is 33.8 Å². The average Bonchev–Trinajstić information content (AvgIpc) is 3.51. The van der Waals surface area contributed by atoms with Gasteiger partial charge < -0.3 is 14.5 Å². The fraction of sp³-hybridized carbons (Fsp3) is 0.346. The summed E-state index contributed by atoms with van der Waals surface area (Å²) in [6, 6.07) is 6.28. The Hall–Kier alpha value is -3.77. The number of aliphatic hydroxyl groups is 1. The second-order valence-electron chi connectivity index (χ2n) is 9.01. The maximum Gasteiger partial charge on any atom is 0.433 e. The highest BCUT2D eigenvalue weighted by atomic mass is 35.5. The second-order valence-corrected chi connectivity index (χ2v) is 9.39. The van der Waals surface area contributed by atoms with E-state index in [0.717, 1.165) is 19.0 Å². The van der Waals surface area contributed by atoms with Crippen molar-refractivity contribution in [2.24, 2.45) is 0 Å². The Morgan fingerprint density at radius 2 is 2.03 bits per heavy atom. The smallest absolute Gasteiger partial charge is 0.391 e. The molecule has 0 aliphatic rings. The first-order valence-corrected chi connectivity index (χ1v) is 12.5. The van der Waals surface area contributed by atoms with Crippen LogP contribution in [-0.4, -0.2) is 60.5 Å². The van der Waals surface area contributed by atoms with E-state index in [9.17, 15) is 23.1 Å². The van der Waals surface area contributed by atoms with E-state index >= 15 is 0 Å². The Labute approximate surface area is 227 Å². The van der Waals surface area contributed by atoms with Gasteiger partial charge in [0.25, 0.3) is 5.91 Å². The first-order chi connectivity index (χ1) is 18.5. The largest absolute Gasteiger partial charge is 0.433 e. The van der Waals surface area contributed by atoms with Crippen LogP contribution in [0, 0.1) is 0 Å². The van der Waals surface area contributed by atoms with Crippen molar-refractivity contribution in [1.82, 2.24) is 29.8 Å². The number of rotatable bonds is 9. The highest BCUT2D eigenvalue weighted by Crippen LogP contribution is 2.45. The fourth-order valence-electron chi connectivity index (χ4n) is 4.16. The van der Waals surface area contributed by atoms with Gasteiger partial charge >= 0.3 is 6.18 Å². The molecule has 39 heavy (non-hydrogen) atoms. The van der Waals surface area contributed by atoms with Crippen molar-refractivity contribution in [2.75, 3.05) is 13.6 Å². The van der Waals surface area contributed by atoms with Gasteiger partial charge in [-0.05, 0) is 25.5 Å². The number of aliphatic hydroxyl groups excluding tert-OH is 1. The summed E-state index contributed by atoms with van der Waals surface area (Å²) in [5.74, 6) is -0.554. The lowest BCUT2D eigenvalue weighted by atomic mass is 9.98. The van der Waals surface area contributed by atoms with Crippen LogP contribution in [0.15, 0.2) is 47.5 Å². The van der Waals surface area contributed by atoms with Gasteiger partial charge in [-0.25, -0.2) is 9.97 Å². The van der Waals surface area contributed by atoms with E-state index in [1.165, 1.54) is 25.5 Å². The van der Waals surface area contributed by atoms with Crippen LogP contribution in [0.1, 0.15) is 42.7 Å². The van der Waals surface area contributed by atoms with E-state index in [1.54, 1.807) is 30.1 Å². The quantitative estimate of drug-likeness (QED) is 0.283. The zero-order chi connectivity index (χ0) is 28.3. The molecule has 0 fully saturated rings. The Morgan fingerprint density at radius 3 is 2.67 bits per heavy atom. The third-order valence-electron chi connectivity index (χ3n) is 6.00. The van der Waals surface area contributed by atoms with Crippen molar-refractivity contribution in [1.29, 1.82) is 0 Å². The van der Waals surface area contributed by atoms with E-state index in [1.807, 2.05) is 6.92 Å². The van der Waals surface area contributed by atoms with Gasteiger partial charge in [-0.2, -0.15) is 18.3 Å². The van der Waals surface area contributed by atoms with Crippen molar-refractivity contribution >= 4 is 17.5 Å². The summed E-state index contributed by atoms with van der Waals surface area (Å²) in [5, 5.41) is 17.7. The van der Waals surface area contributed by atoms with Crippen LogP contribution in [0.5, 0.6) is 0 Å². The molecule has 13 heteroatoms. The first-order valence-electron chi connectivity index (χ1n) is 12.2. The predicted molar refractivity (Wildman–Crippen MR) is 138 cm³/mol. The maximum absolute atomic E-state index is 14.2. The van der Waals surface area contributed by atoms with Gasteiger partial charge in [0.1, 0.15) is 12.0 Å². The molecule has 1 atom stereocenters. The molecule has 0 aliphatic heterocycles. The molecule has 4 aromatic rings. The number of alkyl halides is 3. The monoisotopic (exact) mass is 562 g/mol. The summed E-state index contributed by atoms with van der Waals surface area (Å²) in [6.45, 7) is 3.52. The van der Waals surface area contributed by atoms with Gasteiger partial charge in [0, 0.05) is 25.4 Å². The van der Waals surface area contributed by atoms with Crippen LogP contribution in [0.3, 0.4) is 0 Å². The van der Waals surface area contributed by atoms with Crippen LogP contribution >= 0.6 is 11.6 Å². The van der Waals surface area contributed by atoms with Gasteiger partial charge in [0.15, 0.2) is 11.5 Å². The minimum absolute atomic E-state index is 0.0712. The summed E-state index contributed by atoms with van der Waals surface area (Å²) in [5.41, 5.74) is -0.583. The van der Waals surface area contributed by atoms with Crippen molar-refractivity contribution in [2.45, 2.75) is 45.5 Å². The number of hydrogen-bond donors (Lipinski definition) is 1. The highest BCUT2D eigenvalue weighted by molar-refractivity contribution is 6.36. The third kappa shape index (κ3) is 5.81. The molecule has 0 aliphatic carbocycles. The number of aromatic nitrogens is 5. The molecule has 3 aromatic heterocycles. The standard InChI is InChI=1S/C26H26ClF3N6O3/c1-4-5-11-35(3)25(38)17-8-6-7-16(21(17)27)22-20(19-9-10-31-14-32-19)23(39-34-22)18-12-33-36(13-15(2)37)24(18)26(28,29)30/h6-10,12,14-15,37H,4-5,11,13H2,1-3H3. The normalized spacial score (nSPS) is 12.5. The predicted octanol–water partition coefficient (Wildman–Crippen LogP) is 5.59. The topological polar surface area (TPSA) is 110 Å². The number of carbonyl (C=O) groups is 1. The number of nitrogens with zero attached hydrogens (tertiary/aromatic N) is 6. The molecule has 1 N–H and O–H groups in total. The van der Waals surface area contributed by atoms with E-state index in [4.69, 9.17) is 16.1 Å². The van der Waals surface area contributed by atoms with Crippen LogP contribution in [0.4, 0.5) is 13.2 Å². The van der Waals surface area contributed by atoms with Crippen LogP contribution in [0.2, 0.25) is 5.02 Å². The van der Waals surface area contributed by atoms with Crippen molar-refractivity contribution in [3.05, 3.63) is 59.3 Å². The van der Waals surface area contributed by atoms with Gasteiger partial charge in [-0.15, -0.1) is 0 Å². The Bertz CT molecular complexity index is 1450. The average molecular weight is 563 g/mol. The lowest BCUT2D eigenvalue weighted by molar-refractivity contribution is -0.144. The maximum atomic E-state index is 14.2. The Balaban J connectivity index is 1.92. The Kier molecular flexibility index (Phi) is 8.36. The van der Waals surface area contributed by atoms with Gasteiger partial charge in [0.2, 0.25) is 0 Å². The fourth-order valence-corrected chi connectivity index (χ4v) is 4.45. The Morgan fingerprint density at radius 1 is 1.26 bits per heavy atom. The SMILES string of the molecule is CCCCN(C)C(=O)c1cccc(-c2noc(-c3cnn(CC(C)O)c3C(F)(F)F)c2-c2ccncn2)c1Cl. The molecule has 0 saturated carbocycles. The molecule has 3 heterocycles. The molecule has 0 radical (unpaired) electrons. The summed E-state index contributed by atoms with van der Waals surface area (Å²) in [6.07, 6.45) is -0.526. The summed E-state index contributed by atoms with van der Waals surface area (Å²) in [4.78, 5) is 22.8. The molecule has 0 saturated heterocycles. The number of amides is 1. The van der Waals surface area contributed by atoms with Gasteiger partial charge in [0.05, 0.1) is 46.3 Å². The van der Waals surface area contributed by atoms with E-state index in [0.29, 0.717) is 11.2 Å². The molecule has 0 spiro atoms. The summed E-state index contributed by atoms with van der Waals surface area (Å²) < 4.78 is 48.8. The molecular formula is C26H26ClF3N6O3. The van der Waals surface area contributed by atoms with E-state index in [-0.39, 0.29) is 51.3 Å².